The number of ether oxygens (including phenoxy) is 1. The van der Waals surface area contributed by atoms with E-state index in [2.05, 4.69) is 5.32 Å². The molecule has 1 heterocycles. The summed E-state index contributed by atoms with van der Waals surface area (Å²) < 4.78 is 32.5. The molecule has 6 nitrogen and oxygen atoms in total. The number of hydrogen-bond donors (Lipinski definition) is 1. The monoisotopic (exact) mass is 338 g/mol. The quantitative estimate of drug-likeness (QED) is 0.909. The molecular weight excluding hydrogens is 316 g/mol. The molecule has 1 saturated heterocycles. The maximum Gasteiger partial charge on any atom is 0.243 e. The summed E-state index contributed by atoms with van der Waals surface area (Å²) in [6.45, 7) is 4.83. The standard InChI is InChI=1S/C16H22N2O4S/c1-16(2)11-22-10-9-18(16)23(20,21)14-7-5-13(6-8-14)17-15(19)12-3-4-12/h5-8,12H,3-4,9-11H2,1-2H3,(H,17,19). The molecule has 1 saturated carbocycles. The van der Waals surface area contributed by atoms with Gasteiger partial charge in [-0.2, -0.15) is 4.31 Å². The van der Waals surface area contributed by atoms with Crippen LogP contribution in [-0.2, 0) is 19.6 Å². The average Bonchev–Trinajstić information content (AvgIpc) is 3.31. The molecule has 0 atom stereocenters. The lowest BCUT2D eigenvalue weighted by atomic mass is 10.1. The van der Waals surface area contributed by atoms with Gasteiger partial charge in [0, 0.05) is 18.2 Å². The fraction of sp³-hybridized carbons (Fsp3) is 0.562. The van der Waals surface area contributed by atoms with Crippen LogP contribution < -0.4 is 5.32 Å². The second kappa shape index (κ2) is 5.89. The molecular formula is C16H22N2O4S. The first-order valence-corrected chi connectivity index (χ1v) is 9.26. The van der Waals surface area contributed by atoms with E-state index >= 15 is 0 Å². The predicted octanol–water partition coefficient (Wildman–Crippen LogP) is 1.83. The molecule has 0 bridgehead atoms. The molecule has 1 N–H and O–H groups in total. The zero-order chi connectivity index (χ0) is 16.7. The second-order valence-corrected chi connectivity index (χ2v) is 8.59. The number of sulfonamides is 1. The van der Waals surface area contributed by atoms with Crippen molar-refractivity contribution < 1.29 is 17.9 Å². The summed E-state index contributed by atoms with van der Waals surface area (Å²) in [5.74, 6) is 0.127. The van der Waals surface area contributed by atoms with E-state index < -0.39 is 15.6 Å². The molecule has 0 radical (unpaired) electrons. The number of amides is 1. The number of hydrogen-bond acceptors (Lipinski definition) is 4. The van der Waals surface area contributed by atoms with E-state index in [4.69, 9.17) is 4.74 Å². The number of rotatable bonds is 4. The zero-order valence-corrected chi connectivity index (χ0v) is 14.2. The van der Waals surface area contributed by atoms with Crippen LogP contribution in [0.5, 0.6) is 0 Å². The van der Waals surface area contributed by atoms with Crippen LogP contribution in [0.1, 0.15) is 26.7 Å². The van der Waals surface area contributed by atoms with Crippen LogP contribution >= 0.6 is 0 Å². The molecule has 1 aliphatic heterocycles. The van der Waals surface area contributed by atoms with Crippen molar-refractivity contribution in [3.05, 3.63) is 24.3 Å². The molecule has 3 rings (SSSR count). The van der Waals surface area contributed by atoms with Crippen LogP contribution in [-0.4, -0.2) is 43.9 Å². The predicted molar refractivity (Wildman–Crippen MR) is 86.6 cm³/mol. The highest BCUT2D eigenvalue weighted by molar-refractivity contribution is 7.89. The maximum absolute atomic E-state index is 12.8. The molecule has 1 amide bonds. The fourth-order valence-corrected chi connectivity index (χ4v) is 4.47. The Bertz CT molecular complexity index is 693. The van der Waals surface area contributed by atoms with Gasteiger partial charge in [0.15, 0.2) is 0 Å². The number of anilines is 1. The minimum atomic E-state index is -3.58. The van der Waals surface area contributed by atoms with Crippen molar-refractivity contribution in [2.24, 2.45) is 5.92 Å². The highest BCUT2D eigenvalue weighted by atomic mass is 32.2. The van der Waals surface area contributed by atoms with Crippen molar-refractivity contribution in [3.63, 3.8) is 0 Å². The molecule has 1 aromatic rings. The van der Waals surface area contributed by atoms with Crippen molar-refractivity contribution in [2.45, 2.75) is 37.1 Å². The van der Waals surface area contributed by atoms with E-state index in [9.17, 15) is 13.2 Å². The van der Waals surface area contributed by atoms with Gasteiger partial charge in [-0.05, 0) is 51.0 Å². The van der Waals surface area contributed by atoms with Gasteiger partial charge in [-0.15, -0.1) is 0 Å². The Morgan fingerprint density at radius 1 is 1.26 bits per heavy atom. The Kier molecular flexibility index (Phi) is 4.20. The molecule has 1 aliphatic carbocycles. The van der Waals surface area contributed by atoms with Crippen molar-refractivity contribution >= 4 is 21.6 Å². The number of nitrogens with zero attached hydrogens (tertiary/aromatic N) is 1. The SMILES string of the molecule is CC1(C)COCCN1S(=O)(=O)c1ccc(NC(=O)C2CC2)cc1. The molecule has 1 aromatic carbocycles. The Morgan fingerprint density at radius 2 is 1.91 bits per heavy atom. The molecule has 126 valence electrons. The van der Waals surface area contributed by atoms with Crippen molar-refractivity contribution in [1.29, 1.82) is 0 Å². The van der Waals surface area contributed by atoms with Crippen LogP contribution in [0.25, 0.3) is 0 Å². The van der Waals surface area contributed by atoms with Crippen molar-refractivity contribution in [3.8, 4) is 0 Å². The van der Waals surface area contributed by atoms with Crippen LogP contribution in [0.15, 0.2) is 29.2 Å². The fourth-order valence-electron chi connectivity index (χ4n) is 2.72. The summed E-state index contributed by atoms with van der Waals surface area (Å²) in [5.41, 5.74) is 0.0535. The van der Waals surface area contributed by atoms with Crippen LogP contribution in [0.4, 0.5) is 5.69 Å². The largest absolute Gasteiger partial charge is 0.378 e. The van der Waals surface area contributed by atoms with Crippen LogP contribution in [0.2, 0.25) is 0 Å². The summed E-state index contributed by atoms with van der Waals surface area (Å²) >= 11 is 0. The van der Waals surface area contributed by atoms with Gasteiger partial charge in [0.2, 0.25) is 15.9 Å². The number of carbonyl (C=O) groups is 1. The average molecular weight is 338 g/mol. The molecule has 23 heavy (non-hydrogen) atoms. The molecule has 7 heteroatoms. The summed E-state index contributed by atoms with van der Waals surface area (Å²) in [4.78, 5) is 12.0. The Hall–Kier alpha value is -1.44. The lowest BCUT2D eigenvalue weighted by Crippen LogP contribution is -2.55. The highest BCUT2D eigenvalue weighted by Gasteiger charge is 2.39. The van der Waals surface area contributed by atoms with Gasteiger partial charge in [-0.25, -0.2) is 8.42 Å². The Morgan fingerprint density at radius 3 is 2.48 bits per heavy atom. The minimum Gasteiger partial charge on any atom is -0.378 e. The lowest BCUT2D eigenvalue weighted by molar-refractivity contribution is -0.117. The smallest absolute Gasteiger partial charge is 0.243 e. The lowest BCUT2D eigenvalue weighted by Gasteiger charge is -2.40. The highest BCUT2D eigenvalue weighted by Crippen LogP contribution is 2.31. The van der Waals surface area contributed by atoms with E-state index in [0.29, 0.717) is 25.4 Å². The van der Waals surface area contributed by atoms with Gasteiger partial charge in [0.25, 0.3) is 0 Å². The normalized spacial score (nSPS) is 21.8. The molecule has 0 unspecified atom stereocenters. The number of morpholine rings is 1. The van der Waals surface area contributed by atoms with E-state index in [1.165, 1.54) is 4.31 Å². The number of carbonyl (C=O) groups excluding carboxylic acids is 1. The topological polar surface area (TPSA) is 75.7 Å². The maximum atomic E-state index is 12.8. The third-order valence-electron chi connectivity index (χ3n) is 4.23. The molecule has 0 aromatic heterocycles. The molecule has 0 spiro atoms. The number of benzene rings is 1. The molecule has 2 aliphatic rings. The molecule has 2 fully saturated rings. The van der Waals surface area contributed by atoms with E-state index in [-0.39, 0.29) is 16.7 Å². The second-order valence-electron chi connectivity index (χ2n) is 6.73. The van der Waals surface area contributed by atoms with Gasteiger partial charge >= 0.3 is 0 Å². The summed E-state index contributed by atoms with van der Waals surface area (Å²) in [5, 5.41) is 2.81. The first-order valence-electron chi connectivity index (χ1n) is 7.82. The zero-order valence-electron chi connectivity index (χ0n) is 13.4. The van der Waals surface area contributed by atoms with Gasteiger partial charge in [-0.1, -0.05) is 0 Å². The first-order chi connectivity index (χ1) is 10.8. The summed E-state index contributed by atoms with van der Waals surface area (Å²) in [6, 6.07) is 6.37. The van der Waals surface area contributed by atoms with Gasteiger partial charge in [-0.3, -0.25) is 4.79 Å². The van der Waals surface area contributed by atoms with E-state index in [1.807, 2.05) is 13.8 Å². The van der Waals surface area contributed by atoms with Gasteiger partial charge in [0.1, 0.15) is 0 Å². The Labute approximate surface area is 136 Å². The van der Waals surface area contributed by atoms with E-state index in [1.54, 1.807) is 24.3 Å². The third kappa shape index (κ3) is 3.41. The summed E-state index contributed by atoms with van der Waals surface area (Å²) in [7, 11) is -3.58. The minimum absolute atomic E-state index is 0.00918. The van der Waals surface area contributed by atoms with Crippen molar-refractivity contribution in [1.82, 2.24) is 4.31 Å². The summed E-state index contributed by atoms with van der Waals surface area (Å²) in [6.07, 6.45) is 1.87. The van der Waals surface area contributed by atoms with Crippen molar-refractivity contribution in [2.75, 3.05) is 25.1 Å². The van der Waals surface area contributed by atoms with Gasteiger partial charge in [0.05, 0.1) is 23.6 Å². The van der Waals surface area contributed by atoms with E-state index in [0.717, 1.165) is 12.8 Å². The van der Waals surface area contributed by atoms with Gasteiger partial charge < -0.3 is 10.1 Å². The Balaban J connectivity index is 1.78. The van der Waals surface area contributed by atoms with Crippen LogP contribution in [0.3, 0.4) is 0 Å². The number of nitrogens with one attached hydrogen (secondary N) is 1. The first kappa shape index (κ1) is 16.4. The van der Waals surface area contributed by atoms with Crippen LogP contribution in [0, 0.1) is 5.92 Å². The third-order valence-corrected chi connectivity index (χ3v) is 6.35.